The number of hydrogen-bond acceptors (Lipinski definition) is 3. The summed E-state index contributed by atoms with van der Waals surface area (Å²) in [5.74, 6) is 1.44. The van der Waals surface area contributed by atoms with E-state index in [-0.39, 0.29) is 0 Å². The summed E-state index contributed by atoms with van der Waals surface area (Å²) in [7, 11) is 0. The van der Waals surface area contributed by atoms with Crippen LogP contribution in [0.1, 0.15) is 35.7 Å². The predicted molar refractivity (Wildman–Crippen MR) is 83.2 cm³/mol. The molecular weight excluding hydrogens is 258 g/mol. The molecular formula is C18H17N3. The molecule has 4 rings (SSSR count). The van der Waals surface area contributed by atoms with E-state index in [0.717, 1.165) is 23.3 Å². The van der Waals surface area contributed by atoms with E-state index in [9.17, 15) is 0 Å². The quantitative estimate of drug-likeness (QED) is 0.716. The lowest BCUT2D eigenvalue weighted by atomic mass is 9.81. The Morgan fingerprint density at radius 1 is 1.05 bits per heavy atom. The Hall–Kier alpha value is -2.29. The van der Waals surface area contributed by atoms with Gasteiger partial charge in [0.25, 0.3) is 0 Å². The number of rotatable bonds is 2. The largest absolute Gasteiger partial charge is 0.241 e. The number of nitrogens with zero attached hydrogens (tertiary/aromatic N) is 3. The second-order valence-electron chi connectivity index (χ2n) is 5.69. The molecule has 3 heteroatoms. The third-order valence-corrected chi connectivity index (χ3v) is 4.33. The zero-order chi connectivity index (χ0) is 14.1. The first kappa shape index (κ1) is 12.5. The Bertz CT molecular complexity index is 782. The summed E-state index contributed by atoms with van der Waals surface area (Å²) < 4.78 is 0. The fourth-order valence-corrected chi connectivity index (χ4v) is 3.28. The lowest BCUT2D eigenvalue weighted by Gasteiger charge is -2.24. The van der Waals surface area contributed by atoms with E-state index in [1.807, 2.05) is 18.3 Å². The van der Waals surface area contributed by atoms with Crippen molar-refractivity contribution in [2.24, 2.45) is 0 Å². The number of aryl methyl sites for hydroxylation is 1. The van der Waals surface area contributed by atoms with Crippen molar-refractivity contribution in [3.05, 3.63) is 65.7 Å². The van der Waals surface area contributed by atoms with Gasteiger partial charge in [-0.15, -0.1) is 0 Å². The van der Waals surface area contributed by atoms with E-state index >= 15 is 0 Å². The van der Waals surface area contributed by atoms with Crippen molar-refractivity contribution < 1.29 is 0 Å². The average Bonchev–Trinajstić information content (AvgIpc) is 2.55. The molecule has 0 aliphatic heterocycles. The van der Waals surface area contributed by atoms with Crippen molar-refractivity contribution in [2.45, 2.75) is 31.6 Å². The fraction of sp³-hybridized carbons (Fsp3) is 0.278. The standard InChI is InChI=1S/C18H17N3/c1-2-9-16-13(5-1)6-3-7-14(16)11-17-20-12-15-8-4-10-19-18(15)21-17/h1-2,4-5,8-10,12,14H,3,6-7,11H2. The third kappa shape index (κ3) is 2.40. The maximum atomic E-state index is 4.62. The highest BCUT2D eigenvalue weighted by atomic mass is 14.9. The van der Waals surface area contributed by atoms with Crippen molar-refractivity contribution in [1.29, 1.82) is 0 Å². The minimum Gasteiger partial charge on any atom is -0.241 e. The van der Waals surface area contributed by atoms with Gasteiger partial charge in [-0.05, 0) is 48.4 Å². The first-order valence-corrected chi connectivity index (χ1v) is 7.54. The zero-order valence-electron chi connectivity index (χ0n) is 11.9. The molecule has 0 bridgehead atoms. The van der Waals surface area contributed by atoms with Crippen LogP contribution in [0.25, 0.3) is 11.0 Å². The molecule has 3 aromatic rings. The van der Waals surface area contributed by atoms with Crippen LogP contribution in [0.4, 0.5) is 0 Å². The molecule has 0 radical (unpaired) electrons. The minimum absolute atomic E-state index is 0.538. The maximum absolute atomic E-state index is 4.62. The molecule has 21 heavy (non-hydrogen) atoms. The Morgan fingerprint density at radius 3 is 3.00 bits per heavy atom. The molecule has 0 saturated heterocycles. The molecule has 0 saturated carbocycles. The van der Waals surface area contributed by atoms with Gasteiger partial charge in [-0.25, -0.2) is 15.0 Å². The monoisotopic (exact) mass is 275 g/mol. The molecule has 0 spiro atoms. The lowest BCUT2D eigenvalue weighted by molar-refractivity contribution is 0.540. The van der Waals surface area contributed by atoms with Crippen LogP contribution in [0, 0.1) is 0 Å². The van der Waals surface area contributed by atoms with Crippen molar-refractivity contribution in [3.63, 3.8) is 0 Å². The summed E-state index contributed by atoms with van der Waals surface area (Å²) in [6.45, 7) is 0. The maximum Gasteiger partial charge on any atom is 0.162 e. The van der Waals surface area contributed by atoms with Crippen LogP contribution in [0.2, 0.25) is 0 Å². The first-order chi connectivity index (χ1) is 10.4. The topological polar surface area (TPSA) is 38.7 Å². The summed E-state index contributed by atoms with van der Waals surface area (Å²) in [5, 5.41) is 1.00. The van der Waals surface area contributed by atoms with E-state index in [0.29, 0.717) is 5.92 Å². The number of aromatic nitrogens is 3. The van der Waals surface area contributed by atoms with Crippen LogP contribution in [0.5, 0.6) is 0 Å². The molecule has 3 nitrogen and oxygen atoms in total. The van der Waals surface area contributed by atoms with Crippen molar-refractivity contribution in [2.75, 3.05) is 0 Å². The van der Waals surface area contributed by atoms with Crippen molar-refractivity contribution in [1.82, 2.24) is 15.0 Å². The van der Waals surface area contributed by atoms with E-state index in [2.05, 4.69) is 39.2 Å². The van der Waals surface area contributed by atoms with Gasteiger partial charge in [0.2, 0.25) is 0 Å². The SMILES string of the molecule is c1ccc2c(c1)CCCC2Cc1ncc2cccnc2n1. The molecule has 1 aromatic carbocycles. The average molecular weight is 275 g/mol. The molecule has 0 amide bonds. The van der Waals surface area contributed by atoms with Crippen LogP contribution in [0.3, 0.4) is 0 Å². The summed E-state index contributed by atoms with van der Waals surface area (Å²) in [4.78, 5) is 13.5. The second-order valence-corrected chi connectivity index (χ2v) is 5.69. The Morgan fingerprint density at radius 2 is 2.00 bits per heavy atom. The second kappa shape index (κ2) is 5.24. The molecule has 104 valence electrons. The van der Waals surface area contributed by atoms with Gasteiger partial charge in [0, 0.05) is 24.2 Å². The number of pyridine rings is 1. The Balaban J connectivity index is 1.66. The highest BCUT2D eigenvalue weighted by Gasteiger charge is 2.21. The molecule has 2 heterocycles. The molecule has 1 aliphatic carbocycles. The number of benzene rings is 1. The third-order valence-electron chi connectivity index (χ3n) is 4.33. The van der Waals surface area contributed by atoms with Gasteiger partial charge in [-0.2, -0.15) is 0 Å². The summed E-state index contributed by atoms with van der Waals surface area (Å²) >= 11 is 0. The van der Waals surface area contributed by atoms with Crippen LogP contribution in [-0.2, 0) is 12.8 Å². The zero-order valence-corrected chi connectivity index (χ0v) is 11.9. The van der Waals surface area contributed by atoms with Gasteiger partial charge in [-0.3, -0.25) is 0 Å². The van der Waals surface area contributed by atoms with Gasteiger partial charge in [-0.1, -0.05) is 24.3 Å². The summed E-state index contributed by atoms with van der Waals surface area (Å²) in [6, 6.07) is 12.7. The van der Waals surface area contributed by atoms with Crippen molar-refractivity contribution in [3.8, 4) is 0 Å². The van der Waals surface area contributed by atoms with Gasteiger partial charge >= 0.3 is 0 Å². The summed E-state index contributed by atoms with van der Waals surface area (Å²) in [6.07, 6.45) is 8.26. The van der Waals surface area contributed by atoms with Crippen LogP contribution >= 0.6 is 0 Å². The van der Waals surface area contributed by atoms with E-state index in [1.54, 1.807) is 6.20 Å². The van der Waals surface area contributed by atoms with Crippen molar-refractivity contribution >= 4 is 11.0 Å². The highest BCUT2D eigenvalue weighted by Crippen LogP contribution is 2.33. The van der Waals surface area contributed by atoms with E-state index in [4.69, 9.17) is 0 Å². The van der Waals surface area contributed by atoms with Gasteiger partial charge in [0.1, 0.15) is 5.82 Å². The molecule has 2 aromatic heterocycles. The van der Waals surface area contributed by atoms with E-state index in [1.165, 1.54) is 30.4 Å². The van der Waals surface area contributed by atoms with Gasteiger partial charge in [0.15, 0.2) is 5.65 Å². The summed E-state index contributed by atoms with van der Waals surface area (Å²) in [5.41, 5.74) is 3.77. The van der Waals surface area contributed by atoms with Crippen LogP contribution < -0.4 is 0 Å². The molecule has 0 N–H and O–H groups in total. The Labute approximate surface area is 124 Å². The molecule has 1 aliphatic rings. The fourth-order valence-electron chi connectivity index (χ4n) is 3.28. The lowest BCUT2D eigenvalue weighted by Crippen LogP contribution is -2.13. The van der Waals surface area contributed by atoms with Crippen LogP contribution in [-0.4, -0.2) is 15.0 Å². The molecule has 1 unspecified atom stereocenters. The number of hydrogen-bond donors (Lipinski definition) is 0. The molecule has 1 atom stereocenters. The van der Waals surface area contributed by atoms with Gasteiger partial charge in [0.05, 0.1) is 0 Å². The highest BCUT2D eigenvalue weighted by molar-refractivity contribution is 5.72. The molecule has 0 fully saturated rings. The van der Waals surface area contributed by atoms with Crippen LogP contribution in [0.15, 0.2) is 48.8 Å². The normalized spacial score (nSPS) is 17.6. The smallest absolute Gasteiger partial charge is 0.162 e. The Kier molecular flexibility index (Phi) is 3.11. The predicted octanol–water partition coefficient (Wildman–Crippen LogP) is 3.69. The minimum atomic E-state index is 0.538. The number of fused-ring (bicyclic) bond motifs is 2. The van der Waals surface area contributed by atoms with E-state index < -0.39 is 0 Å². The van der Waals surface area contributed by atoms with Gasteiger partial charge < -0.3 is 0 Å². The first-order valence-electron chi connectivity index (χ1n) is 7.54.